The number of aliphatic hydroxyl groups excluding tert-OH is 1. The zero-order valence-corrected chi connectivity index (χ0v) is 10.1. The lowest BCUT2D eigenvalue weighted by Gasteiger charge is -2.32. The molecule has 2 heterocycles. The van der Waals surface area contributed by atoms with Gasteiger partial charge in [0.05, 0.1) is 12.6 Å². The van der Waals surface area contributed by atoms with Crippen molar-refractivity contribution in [2.45, 2.75) is 44.2 Å². The molecular weight excluding hydrogens is 204 g/mol. The van der Waals surface area contributed by atoms with Crippen LogP contribution in [-0.2, 0) is 4.79 Å². The summed E-state index contributed by atoms with van der Waals surface area (Å²) in [5.74, 6) is 0.236. The molecular formula is C12H22N2O2. The van der Waals surface area contributed by atoms with Gasteiger partial charge in [0.15, 0.2) is 0 Å². The monoisotopic (exact) mass is 226 g/mol. The molecule has 4 heteroatoms. The molecule has 0 spiro atoms. The number of likely N-dealkylation sites (N-methyl/N-ethyl adjacent to an activating group) is 1. The number of carbonyl (C=O) groups excluding carboxylic acids is 1. The quantitative estimate of drug-likeness (QED) is 0.743. The van der Waals surface area contributed by atoms with E-state index in [1.54, 1.807) is 0 Å². The van der Waals surface area contributed by atoms with Crippen molar-refractivity contribution in [3.8, 4) is 0 Å². The van der Waals surface area contributed by atoms with Crippen molar-refractivity contribution in [3.05, 3.63) is 0 Å². The summed E-state index contributed by atoms with van der Waals surface area (Å²) < 4.78 is 0. The van der Waals surface area contributed by atoms with Crippen LogP contribution >= 0.6 is 0 Å². The summed E-state index contributed by atoms with van der Waals surface area (Å²) in [6.45, 7) is 2.01. The van der Waals surface area contributed by atoms with Gasteiger partial charge >= 0.3 is 0 Å². The third-order valence-electron chi connectivity index (χ3n) is 3.93. The zero-order valence-electron chi connectivity index (χ0n) is 10.1. The molecule has 2 fully saturated rings. The van der Waals surface area contributed by atoms with E-state index in [0.717, 1.165) is 32.4 Å². The lowest BCUT2D eigenvalue weighted by atomic mass is 10.1. The first-order valence-electron chi connectivity index (χ1n) is 6.35. The van der Waals surface area contributed by atoms with Gasteiger partial charge in [-0.05, 0) is 25.8 Å². The normalized spacial score (nSPS) is 33.1. The van der Waals surface area contributed by atoms with Gasteiger partial charge in [0, 0.05) is 19.6 Å². The van der Waals surface area contributed by atoms with Crippen LogP contribution in [0.3, 0.4) is 0 Å². The van der Waals surface area contributed by atoms with Crippen molar-refractivity contribution in [1.29, 1.82) is 0 Å². The van der Waals surface area contributed by atoms with Gasteiger partial charge in [-0.2, -0.15) is 0 Å². The third-order valence-corrected chi connectivity index (χ3v) is 3.93. The number of amides is 1. The Bertz CT molecular complexity index is 257. The summed E-state index contributed by atoms with van der Waals surface area (Å²) in [6.07, 6.45) is 5.52. The van der Waals surface area contributed by atoms with E-state index in [1.807, 2.05) is 11.9 Å². The Labute approximate surface area is 97.2 Å². The van der Waals surface area contributed by atoms with Crippen molar-refractivity contribution in [3.63, 3.8) is 0 Å². The van der Waals surface area contributed by atoms with Crippen molar-refractivity contribution >= 4 is 5.91 Å². The predicted molar refractivity (Wildman–Crippen MR) is 62.1 cm³/mol. The van der Waals surface area contributed by atoms with E-state index in [0.29, 0.717) is 0 Å². The molecule has 0 radical (unpaired) electrons. The van der Waals surface area contributed by atoms with Gasteiger partial charge in [-0.1, -0.05) is 12.8 Å². The summed E-state index contributed by atoms with van der Waals surface area (Å²) in [6, 6.07) is 0.225. The molecule has 4 nitrogen and oxygen atoms in total. The van der Waals surface area contributed by atoms with E-state index in [2.05, 4.69) is 4.90 Å². The van der Waals surface area contributed by atoms with E-state index in [4.69, 9.17) is 0 Å². The molecule has 2 rings (SSSR count). The summed E-state index contributed by atoms with van der Waals surface area (Å²) >= 11 is 0. The summed E-state index contributed by atoms with van der Waals surface area (Å²) in [5.41, 5.74) is 0. The maximum absolute atomic E-state index is 12.0. The van der Waals surface area contributed by atoms with Gasteiger partial charge in [-0.25, -0.2) is 0 Å². The van der Waals surface area contributed by atoms with Crippen LogP contribution in [0.4, 0.5) is 0 Å². The van der Waals surface area contributed by atoms with Crippen molar-refractivity contribution in [1.82, 2.24) is 9.80 Å². The highest BCUT2D eigenvalue weighted by Crippen LogP contribution is 2.24. The van der Waals surface area contributed by atoms with Crippen LogP contribution in [0, 0.1) is 0 Å². The van der Waals surface area contributed by atoms with E-state index in [1.165, 1.54) is 12.8 Å². The zero-order chi connectivity index (χ0) is 11.5. The number of nitrogens with zero attached hydrogens (tertiary/aromatic N) is 2. The first-order valence-corrected chi connectivity index (χ1v) is 6.35. The van der Waals surface area contributed by atoms with Gasteiger partial charge < -0.3 is 10.0 Å². The molecule has 0 aliphatic carbocycles. The summed E-state index contributed by atoms with van der Waals surface area (Å²) in [5, 5.41) is 9.43. The van der Waals surface area contributed by atoms with Gasteiger partial charge in [-0.3, -0.25) is 9.69 Å². The molecule has 92 valence electrons. The molecule has 0 bridgehead atoms. The second kappa shape index (κ2) is 5.15. The molecule has 0 saturated carbocycles. The number of carbonyl (C=O) groups is 1. The Balaban J connectivity index is 2.07. The average molecular weight is 226 g/mol. The average Bonchev–Trinajstić information content (AvgIpc) is 2.54. The first kappa shape index (κ1) is 11.9. The molecule has 0 aromatic rings. The largest absolute Gasteiger partial charge is 0.395 e. The summed E-state index contributed by atoms with van der Waals surface area (Å²) in [7, 11) is 1.87. The molecule has 1 N–H and O–H groups in total. The SMILES string of the molecule is CN1CCC(N2CCCCCC2CO)C1=O. The summed E-state index contributed by atoms with van der Waals surface area (Å²) in [4.78, 5) is 16.0. The molecule has 1 amide bonds. The van der Waals surface area contributed by atoms with Gasteiger partial charge in [-0.15, -0.1) is 0 Å². The maximum atomic E-state index is 12.0. The van der Waals surface area contributed by atoms with E-state index >= 15 is 0 Å². The van der Waals surface area contributed by atoms with Crippen LogP contribution in [0.25, 0.3) is 0 Å². The minimum Gasteiger partial charge on any atom is -0.395 e. The Kier molecular flexibility index (Phi) is 3.82. The standard InChI is InChI=1S/C12H22N2O2/c1-13-8-6-11(12(13)16)14-7-4-2-3-5-10(14)9-15/h10-11,15H,2-9H2,1H3. The Morgan fingerprint density at radius 2 is 2.06 bits per heavy atom. The Morgan fingerprint density at radius 1 is 1.25 bits per heavy atom. The highest BCUT2D eigenvalue weighted by molar-refractivity contribution is 5.83. The van der Waals surface area contributed by atoms with Crippen LogP contribution in [0.2, 0.25) is 0 Å². The van der Waals surface area contributed by atoms with Crippen LogP contribution in [0.1, 0.15) is 32.1 Å². The minimum absolute atomic E-state index is 0.0280. The third kappa shape index (κ3) is 2.23. The fraction of sp³-hybridized carbons (Fsp3) is 0.917. The number of hydrogen-bond donors (Lipinski definition) is 1. The second-order valence-electron chi connectivity index (χ2n) is 4.99. The van der Waals surface area contributed by atoms with Gasteiger partial charge in [0.2, 0.25) is 5.91 Å². The van der Waals surface area contributed by atoms with E-state index in [9.17, 15) is 9.90 Å². The van der Waals surface area contributed by atoms with E-state index in [-0.39, 0.29) is 24.6 Å². The van der Waals surface area contributed by atoms with Crippen molar-refractivity contribution < 1.29 is 9.90 Å². The Morgan fingerprint density at radius 3 is 2.69 bits per heavy atom. The number of rotatable bonds is 2. The minimum atomic E-state index is 0.0280. The lowest BCUT2D eigenvalue weighted by molar-refractivity contribution is -0.132. The molecule has 0 aromatic heterocycles. The fourth-order valence-electron chi connectivity index (χ4n) is 2.92. The molecule has 2 saturated heterocycles. The van der Waals surface area contributed by atoms with Crippen LogP contribution < -0.4 is 0 Å². The Hall–Kier alpha value is -0.610. The lowest BCUT2D eigenvalue weighted by Crippen LogP contribution is -2.48. The smallest absolute Gasteiger partial charge is 0.239 e. The molecule has 2 atom stereocenters. The van der Waals surface area contributed by atoms with Crippen molar-refractivity contribution in [2.75, 3.05) is 26.7 Å². The fourth-order valence-corrected chi connectivity index (χ4v) is 2.92. The molecule has 2 unspecified atom stereocenters. The van der Waals surface area contributed by atoms with Crippen LogP contribution in [0.15, 0.2) is 0 Å². The topological polar surface area (TPSA) is 43.8 Å². The van der Waals surface area contributed by atoms with Crippen LogP contribution in [0.5, 0.6) is 0 Å². The highest BCUT2D eigenvalue weighted by atomic mass is 16.3. The molecule has 0 aromatic carbocycles. The van der Waals surface area contributed by atoms with Gasteiger partial charge in [0.25, 0.3) is 0 Å². The molecule has 2 aliphatic rings. The number of aliphatic hydroxyl groups is 1. The second-order valence-corrected chi connectivity index (χ2v) is 4.99. The van der Waals surface area contributed by atoms with Crippen LogP contribution in [-0.4, -0.2) is 59.6 Å². The predicted octanol–water partition coefficient (Wildman–Crippen LogP) is 0.454. The first-order chi connectivity index (χ1) is 7.74. The number of likely N-dealkylation sites (tertiary alicyclic amines) is 2. The van der Waals surface area contributed by atoms with Crippen molar-refractivity contribution in [2.24, 2.45) is 0 Å². The van der Waals surface area contributed by atoms with E-state index < -0.39 is 0 Å². The highest BCUT2D eigenvalue weighted by Gasteiger charge is 2.37. The molecule has 16 heavy (non-hydrogen) atoms. The molecule has 2 aliphatic heterocycles. The maximum Gasteiger partial charge on any atom is 0.239 e. The number of hydrogen-bond acceptors (Lipinski definition) is 3. The van der Waals surface area contributed by atoms with Gasteiger partial charge in [0.1, 0.15) is 0 Å².